The lowest BCUT2D eigenvalue weighted by Crippen LogP contribution is -2.29. The van der Waals surface area contributed by atoms with E-state index in [0.29, 0.717) is 0 Å². The first kappa shape index (κ1) is 15.9. The number of benzene rings is 1. The van der Waals surface area contributed by atoms with Crippen molar-refractivity contribution in [2.45, 2.75) is 32.4 Å². The highest BCUT2D eigenvalue weighted by molar-refractivity contribution is 9.10. The van der Waals surface area contributed by atoms with Crippen molar-refractivity contribution < 1.29 is 4.74 Å². The summed E-state index contributed by atoms with van der Waals surface area (Å²) in [7, 11) is 0. The molecule has 0 radical (unpaired) electrons. The molecule has 0 amide bonds. The molecule has 0 fully saturated rings. The molecule has 1 aromatic carbocycles. The normalized spacial score (nSPS) is 12.4. The maximum Gasteiger partial charge on any atom is 0.138 e. The summed E-state index contributed by atoms with van der Waals surface area (Å²) in [6.45, 7) is 3.99. The van der Waals surface area contributed by atoms with Crippen molar-refractivity contribution in [2.75, 3.05) is 0 Å². The highest BCUT2D eigenvalue weighted by Gasteiger charge is 2.12. The molecule has 0 aliphatic carbocycles. The van der Waals surface area contributed by atoms with Crippen LogP contribution >= 0.6 is 15.9 Å². The van der Waals surface area contributed by atoms with E-state index in [2.05, 4.69) is 38.5 Å². The maximum atomic E-state index is 5.71. The third-order valence-corrected chi connectivity index (χ3v) is 3.53. The van der Waals surface area contributed by atoms with Gasteiger partial charge in [-0.25, -0.2) is 0 Å². The molecule has 21 heavy (non-hydrogen) atoms. The van der Waals surface area contributed by atoms with Crippen LogP contribution in [-0.4, -0.2) is 11.1 Å². The third-order valence-electron chi connectivity index (χ3n) is 3.04. The lowest BCUT2D eigenvalue weighted by molar-refractivity contribution is 0.241. The van der Waals surface area contributed by atoms with Crippen LogP contribution in [0.15, 0.2) is 47.2 Å². The van der Waals surface area contributed by atoms with Crippen LogP contribution in [0.1, 0.15) is 31.0 Å². The molecule has 1 heterocycles. The molecule has 4 nitrogen and oxygen atoms in total. The minimum Gasteiger partial charge on any atom is -0.489 e. The number of rotatable bonds is 6. The van der Waals surface area contributed by atoms with Crippen LogP contribution in [0.25, 0.3) is 0 Å². The van der Waals surface area contributed by atoms with Crippen LogP contribution < -0.4 is 16.0 Å². The summed E-state index contributed by atoms with van der Waals surface area (Å²) >= 11 is 3.48. The van der Waals surface area contributed by atoms with Gasteiger partial charge in [0.2, 0.25) is 0 Å². The predicted octanol–water partition coefficient (Wildman–Crippen LogP) is 3.38. The number of nitrogens with one attached hydrogen (secondary N) is 1. The highest BCUT2D eigenvalue weighted by atomic mass is 79.9. The van der Waals surface area contributed by atoms with Crippen LogP contribution in [-0.2, 0) is 6.42 Å². The van der Waals surface area contributed by atoms with E-state index in [0.717, 1.165) is 22.2 Å². The van der Waals surface area contributed by atoms with E-state index in [1.165, 1.54) is 5.56 Å². The highest BCUT2D eigenvalue weighted by Crippen LogP contribution is 2.23. The van der Waals surface area contributed by atoms with Gasteiger partial charge >= 0.3 is 0 Å². The Labute approximate surface area is 133 Å². The Kier molecular flexibility index (Phi) is 5.73. The minimum absolute atomic E-state index is 0.0116. The van der Waals surface area contributed by atoms with Crippen molar-refractivity contribution in [1.29, 1.82) is 0 Å². The van der Waals surface area contributed by atoms with E-state index in [-0.39, 0.29) is 12.1 Å². The Morgan fingerprint density at radius 3 is 2.76 bits per heavy atom. The fraction of sp³-hybridized carbons (Fsp3) is 0.312. The van der Waals surface area contributed by atoms with Gasteiger partial charge in [-0.3, -0.25) is 16.3 Å². The van der Waals surface area contributed by atoms with Crippen LogP contribution in [0.2, 0.25) is 0 Å². The van der Waals surface area contributed by atoms with Crippen LogP contribution in [0.4, 0.5) is 0 Å². The van der Waals surface area contributed by atoms with Gasteiger partial charge in [-0.15, -0.1) is 0 Å². The second-order valence-corrected chi connectivity index (χ2v) is 6.09. The smallest absolute Gasteiger partial charge is 0.138 e. The van der Waals surface area contributed by atoms with Crippen molar-refractivity contribution in [3.63, 3.8) is 0 Å². The predicted molar refractivity (Wildman–Crippen MR) is 87.9 cm³/mol. The van der Waals surface area contributed by atoms with Gasteiger partial charge in [-0.1, -0.05) is 28.1 Å². The van der Waals surface area contributed by atoms with Gasteiger partial charge in [-0.05, 0) is 49.6 Å². The quantitative estimate of drug-likeness (QED) is 0.619. The topological polar surface area (TPSA) is 60.2 Å². The van der Waals surface area contributed by atoms with E-state index in [1.54, 1.807) is 6.20 Å². The number of hydrogen-bond acceptors (Lipinski definition) is 4. The molecular weight excluding hydrogens is 330 g/mol. The lowest BCUT2D eigenvalue weighted by atomic mass is 10.0. The molecule has 0 bridgehead atoms. The van der Waals surface area contributed by atoms with Gasteiger partial charge < -0.3 is 4.74 Å². The van der Waals surface area contributed by atoms with Gasteiger partial charge in [0, 0.05) is 10.7 Å². The summed E-state index contributed by atoms with van der Waals surface area (Å²) in [5.74, 6) is 6.47. The van der Waals surface area contributed by atoms with Gasteiger partial charge in [0.1, 0.15) is 5.75 Å². The molecule has 0 aliphatic rings. The first-order chi connectivity index (χ1) is 10.1. The van der Waals surface area contributed by atoms with Gasteiger partial charge in [0.25, 0.3) is 0 Å². The van der Waals surface area contributed by atoms with Crippen molar-refractivity contribution in [2.24, 2.45) is 5.84 Å². The number of ether oxygens (including phenoxy) is 1. The molecule has 2 rings (SSSR count). The molecule has 112 valence electrons. The standard InChI is InChI=1S/C16H20BrN3O/c1-11(2)21-15-8-13(9-19-10-15)16(20-18)7-12-4-3-5-14(17)6-12/h3-6,8-11,16,20H,7,18H2,1-2H3. The second-order valence-electron chi connectivity index (χ2n) is 5.17. The molecular formula is C16H20BrN3O. The molecule has 1 atom stereocenters. The molecule has 2 aromatic rings. The fourth-order valence-electron chi connectivity index (χ4n) is 2.14. The van der Waals surface area contributed by atoms with Gasteiger partial charge in [-0.2, -0.15) is 0 Å². The SMILES string of the molecule is CC(C)Oc1cncc(C(Cc2cccc(Br)c2)NN)c1. The fourth-order valence-corrected chi connectivity index (χ4v) is 2.58. The summed E-state index contributed by atoms with van der Waals surface area (Å²) in [6, 6.07) is 10.2. The second kappa shape index (κ2) is 7.54. The third kappa shape index (κ3) is 4.81. The number of pyridine rings is 1. The number of aromatic nitrogens is 1. The van der Waals surface area contributed by atoms with E-state index in [4.69, 9.17) is 10.6 Å². The summed E-state index contributed by atoms with van der Waals surface area (Å²) < 4.78 is 6.74. The Morgan fingerprint density at radius 1 is 1.29 bits per heavy atom. The molecule has 1 aromatic heterocycles. The molecule has 1 unspecified atom stereocenters. The monoisotopic (exact) mass is 349 g/mol. The molecule has 3 N–H and O–H groups in total. The van der Waals surface area contributed by atoms with E-state index >= 15 is 0 Å². The van der Waals surface area contributed by atoms with Crippen LogP contribution in [0.5, 0.6) is 5.75 Å². The molecule has 0 saturated heterocycles. The maximum absolute atomic E-state index is 5.71. The largest absolute Gasteiger partial charge is 0.489 e. The summed E-state index contributed by atoms with van der Waals surface area (Å²) in [6.07, 6.45) is 4.44. The summed E-state index contributed by atoms with van der Waals surface area (Å²) in [5.41, 5.74) is 5.06. The van der Waals surface area contributed by atoms with Gasteiger partial charge in [0.05, 0.1) is 18.3 Å². The summed E-state index contributed by atoms with van der Waals surface area (Å²) in [4.78, 5) is 4.24. The van der Waals surface area contributed by atoms with Crippen molar-refractivity contribution >= 4 is 15.9 Å². The average molecular weight is 350 g/mol. The Balaban J connectivity index is 2.17. The first-order valence-electron chi connectivity index (χ1n) is 6.90. The number of nitrogens with two attached hydrogens (primary N) is 1. The van der Waals surface area contributed by atoms with Gasteiger partial charge in [0.15, 0.2) is 0 Å². The number of nitrogens with zero attached hydrogens (tertiary/aromatic N) is 1. The van der Waals surface area contributed by atoms with E-state index in [9.17, 15) is 0 Å². The van der Waals surface area contributed by atoms with Crippen LogP contribution in [0.3, 0.4) is 0 Å². The zero-order chi connectivity index (χ0) is 15.2. The Hall–Kier alpha value is -1.43. The Morgan fingerprint density at radius 2 is 2.10 bits per heavy atom. The molecule has 5 heteroatoms. The van der Waals surface area contributed by atoms with Crippen molar-refractivity contribution in [1.82, 2.24) is 10.4 Å². The zero-order valence-electron chi connectivity index (χ0n) is 12.2. The minimum atomic E-state index is -0.0116. The first-order valence-corrected chi connectivity index (χ1v) is 7.70. The van der Waals surface area contributed by atoms with Crippen molar-refractivity contribution in [3.8, 4) is 5.75 Å². The zero-order valence-corrected chi connectivity index (χ0v) is 13.8. The summed E-state index contributed by atoms with van der Waals surface area (Å²) in [5, 5.41) is 0. The molecule has 0 spiro atoms. The van der Waals surface area contributed by atoms with Crippen molar-refractivity contribution in [3.05, 3.63) is 58.3 Å². The average Bonchev–Trinajstić information content (AvgIpc) is 2.44. The number of halogens is 1. The molecule has 0 aliphatic heterocycles. The number of hydrazine groups is 1. The number of hydrogen-bond donors (Lipinski definition) is 2. The van der Waals surface area contributed by atoms with E-state index < -0.39 is 0 Å². The van der Waals surface area contributed by atoms with E-state index in [1.807, 2.05) is 38.2 Å². The van der Waals surface area contributed by atoms with Crippen LogP contribution in [0, 0.1) is 0 Å². The lowest BCUT2D eigenvalue weighted by Gasteiger charge is -2.18. The Bertz CT molecular complexity index is 589. The molecule has 0 saturated carbocycles.